The van der Waals surface area contributed by atoms with Crippen molar-refractivity contribution >= 4 is 23.1 Å². The van der Waals surface area contributed by atoms with Crippen LogP contribution in [0.2, 0.25) is 0 Å². The Balaban J connectivity index is 1.19. The molecular formula is C40H40N2O4. The maximum atomic E-state index is 13.2. The van der Waals surface area contributed by atoms with Gasteiger partial charge in [-0.05, 0) is 66.4 Å². The molecule has 0 unspecified atom stereocenters. The van der Waals surface area contributed by atoms with Crippen LogP contribution in [-0.4, -0.2) is 38.1 Å². The lowest BCUT2D eigenvalue weighted by molar-refractivity contribution is -0.141. The van der Waals surface area contributed by atoms with Gasteiger partial charge in [0.15, 0.2) is 5.78 Å². The van der Waals surface area contributed by atoms with Gasteiger partial charge in [-0.3, -0.25) is 4.79 Å². The third-order valence-corrected chi connectivity index (χ3v) is 7.81. The van der Waals surface area contributed by atoms with Crippen molar-refractivity contribution in [3.63, 3.8) is 0 Å². The Bertz CT molecular complexity index is 1710. The minimum atomic E-state index is -0.682. The topological polar surface area (TPSA) is 67.9 Å². The van der Waals surface area contributed by atoms with E-state index in [1.54, 1.807) is 18.2 Å². The highest BCUT2D eigenvalue weighted by atomic mass is 16.5. The number of para-hydroxylation sites is 1. The summed E-state index contributed by atoms with van der Waals surface area (Å²) in [5.41, 5.74) is 6.31. The highest BCUT2D eigenvalue weighted by molar-refractivity contribution is 6.12. The number of esters is 1. The number of nitrogens with zero attached hydrogens (tertiary/aromatic N) is 1. The first-order chi connectivity index (χ1) is 22.5. The van der Waals surface area contributed by atoms with E-state index in [1.165, 1.54) is 23.9 Å². The molecule has 0 amide bonds. The van der Waals surface area contributed by atoms with Gasteiger partial charge in [0.25, 0.3) is 0 Å². The number of ketones is 1. The summed E-state index contributed by atoms with van der Waals surface area (Å²) in [6, 6.07) is 42.5. The molecule has 0 aliphatic rings. The van der Waals surface area contributed by atoms with Crippen molar-refractivity contribution in [2.75, 3.05) is 30.5 Å². The zero-order valence-electron chi connectivity index (χ0n) is 26.4. The lowest BCUT2D eigenvalue weighted by Gasteiger charge is -2.25. The van der Waals surface area contributed by atoms with Crippen LogP contribution in [0.1, 0.15) is 39.0 Å². The molecule has 6 heteroatoms. The first-order valence-electron chi connectivity index (χ1n) is 15.6. The second-order valence-corrected chi connectivity index (χ2v) is 11.3. The SMILES string of the molecule is COC(=O)[C@H](Cc1ccc(OCCCN(Cc2ccccc2)c2cccc(C)c2)cc1)Nc1ccccc1C(=O)c1ccccc1. The van der Waals surface area contributed by atoms with E-state index < -0.39 is 12.0 Å². The molecule has 0 saturated heterocycles. The zero-order valence-corrected chi connectivity index (χ0v) is 26.4. The summed E-state index contributed by atoms with van der Waals surface area (Å²) >= 11 is 0. The van der Waals surface area contributed by atoms with Crippen molar-refractivity contribution < 1.29 is 19.1 Å². The van der Waals surface area contributed by atoms with Gasteiger partial charge in [0.2, 0.25) is 0 Å². The number of nitrogens with one attached hydrogen (secondary N) is 1. The predicted molar refractivity (Wildman–Crippen MR) is 185 cm³/mol. The van der Waals surface area contributed by atoms with E-state index in [0.717, 1.165) is 30.8 Å². The van der Waals surface area contributed by atoms with Crippen LogP contribution in [0.5, 0.6) is 5.75 Å². The number of aryl methyl sites for hydroxylation is 1. The summed E-state index contributed by atoms with van der Waals surface area (Å²) in [7, 11) is 1.37. The van der Waals surface area contributed by atoms with Gasteiger partial charge >= 0.3 is 5.97 Å². The second kappa shape index (κ2) is 16.1. The van der Waals surface area contributed by atoms with Crippen molar-refractivity contribution in [1.82, 2.24) is 0 Å². The lowest BCUT2D eigenvalue weighted by atomic mass is 10.00. The molecule has 0 bridgehead atoms. The second-order valence-electron chi connectivity index (χ2n) is 11.3. The van der Waals surface area contributed by atoms with E-state index in [9.17, 15) is 9.59 Å². The first kappa shape index (κ1) is 32.0. The van der Waals surface area contributed by atoms with Crippen LogP contribution < -0.4 is 15.0 Å². The molecule has 0 spiro atoms. The van der Waals surface area contributed by atoms with Crippen molar-refractivity contribution in [2.24, 2.45) is 0 Å². The van der Waals surface area contributed by atoms with Crippen LogP contribution in [0.4, 0.5) is 11.4 Å². The zero-order chi connectivity index (χ0) is 32.1. The van der Waals surface area contributed by atoms with E-state index in [2.05, 4.69) is 65.7 Å². The fraction of sp³-hybridized carbons (Fsp3) is 0.200. The molecule has 0 aliphatic heterocycles. The Kier molecular flexibility index (Phi) is 11.2. The van der Waals surface area contributed by atoms with Crippen molar-refractivity contribution in [3.8, 4) is 5.75 Å². The monoisotopic (exact) mass is 612 g/mol. The van der Waals surface area contributed by atoms with E-state index in [-0.39, 0.29) is 5.78 Å². The van der Waals surface area contributed by atoms with Crippen LogP contribution in [0.25, 0.3) is 0 Å². The largest absolute Gasteiger partial charge is 0.494 e. The number of ether oxygens (including phenoxy) is 2. The molecule has 0 heterocycles. The van der Waals surface area contributed by atoms with Crippen LogP contribution in [0.15, 0.2) is 133 Å². The van der Waals surface area contributed by atoms with Gasteiger partial charge in [-0.25, -0.2) is 4.79 Å². The molecule has 0 radical (unpaired) electrons. The Labute approximate surface area is 271 Å². The predicted octanol–water partition coefficient (Wildman–Crippen LogP) is 7.90. The fourth-order valence-electron chi connectivity index (χ4n) is 5.41. The number of anilines is 2. The van der Waals surface area contributed by atoms with E-state index >= 15 is 0 Å². The summed E-state index contributed by atoms with van der Waals surface area (Å²) in [4.78, 5) is 28.4. The lowest BCUT2D eigenvalue weighted by Crippen LogP contribution is -2.33. The minimum absolute atomic E-state index is 0.115. The first-order valence-corrected chi connectivity index (χ1v) is 15.6. The van der Waals surface area contributed by atoms with Crippen LogP contribution in [0, 0.1) is 6.92 Å². The molecule has 46 heavy (non-hydrogen) atoms. The van der Waals surface area contributed by atoms with Gasteiger partial charge in [-0.2, -0.15) is 0 Å². The highest BCUT2D eigenvalue weighted by Crippen LogP contribution is 2.23. The smallest absolute Gasteiger partial charge is 0.328 e. The molecule has 0 saturated carbocycles. The number of hydrogen-bond donors (Lipinski definition) is 1. The van der Waals surface area contributed by atoms with Crippen LogP contribution in [0.3, 0.4) is 0 Å². The molecule has 234 valence electrons. The van der Waals surface area contributed by atoms with Gasteiger partial charge in [0.05, 0.1) is 13.7 Å². The number of carbonyl (C=O) groups is 2. The van der Waals surface area contributed by atoms with E-state index in [0.29, 0.717) is 29.8 Å². The summed E-state index contributed by atoms with van der Waals surface area (Å²) in [6.45, 7) is 4.39. The maximum Gasteiger partial charge on any atom is 0.328 e. The Morgan fingerprint density at radius 3 is 2.17 bits per heavy atom. The molecule has 5 aromatic rings. The van der Waals surface area contributed by atoms with Gasteiger partial charge < -0.3 is 19.7 Å². The average Bonchev–Trinajstić information content (AvgIpc) is 3.10. The standard InChI is InChI=1S/C40H40N2O4/c1-30-13-11-18-34(27-30)42(29-32-14-5-3-6-15-32)25-12-26-46-35-23-21-31(22-24-35)28-38(40(44)45-2)41-37-20-10-9-19-36(37)39(43)33-16-7-4-8-17-33/h3-11,13-24,27,38,41H,12,25-26,28-29H2,1-2H3/t38-/m0/s1. The average molecular weight is 613 g/mol. The third-order valence-electron chi connectivity index (χ3n) is 7.81. The fourth-order valence-corrected chi connectivity index (χ4v) is 5.41. The molecule has 1 N–H and O–H groups in total. The molecule has 0 aromatic heterocycles. The molecule has 5 rings (SSSR count). The van der Waals surface area contributed by atoms with Crippen molar-refractivity contribution in [1.29, 1.82) is 0 Å². The van der Waals surface area contributed by atoms with Crippen molar-refractivity contribution in [2.45, 2.75) is 32.4 Å². The summed E-state index contributed by atoms with van der Waals surface area (Å²) in [5, 5.41) is 3.27. The molecule has 1 atom stereocenters. The summed E-state index contributed by atoms with van der Waals surface area (Å²) < 4.78 is 11.2. The third kappa shape index (κ3) is 8.85. The van der Waals surface area contributed by atoms with E-state index in [1.807, 2.05) is 66.7 Å². The Morgan fingerprint density at radius 1 is 0.761 bits per heavy atom. The van der Waals surface area contributed by atoms with Gasteiger partial charge in [-0.15, -0.1) is 0 Å². The molecule has 6 nitrogen and oxygen atoms in total. The molecule has 0 aliphatic carbocycles. The minimum Gasteiger partial charge on any atom is -0.494 e. The van der Waals surface area contributed by atoms with E-state index in [4.69, 9.17) is 9.47 Å². The van der Waals surface area contributed by atoms with Gasteiger partial charge in [0, 0.05) is 42.0 Å². The normalized spacial score (nSPS) is 11.3. The molecule has 0 fully saturated rings. The number of hydrogen-bond acceptors (Lipinski definition) is 6. The Morgan fingerprint density at radius 2 is 1.46 bits per heavy atom. The van der Waals surface area contributed by atoms with Crippen LogP contribution in [-0.2, 0) is 22.5 Å². The summed E-state index contributed by atoms with van der Waals surface area (Å²) in [6.07, 6.45) is 1.24. The number of methoxy groups -OCH3 is 1. The number of rotatable bonds is 15. The maximum absolute atomic E-state index is 13.2. The van der Waals surface area contributed by atoms with Crippen LogP contribution >= 0.6 is 0 Å². The Hall–Kier alpha value is -5.36. The molecular weight excluding hydrogens is 572 g/mol. The molecule has 5 aromatic carbocycles. The highest BCUT2D eigenvalue weighted by Gasteiger charge is 2.22. The quantitative estimate of drug-likeness (QED) is 0.0737. The summed E-state index contributed by atoms with van der Waals surface area (Å²) in [5.74, 6) is 0.252. The van der Waals surface area contributed by atoms with Gasteiger partial charge in [-0.1, -0.05) is 97.1 Å². The number of benzene rings is 5. The van der Waals surface area contributed by atoms with Gasteiger partial charge in [0.1, 0.15) is 11.8 Å². The van der Waals surface area contributed by atoms with Crippen molar-refractivity contribution in [3.05, 3.63) is 161 Å². The number of carbonyl (C=O) groups excluding carboxylic acids is 2.